The van der Waals surface area contributed by atoms with Crippen LogP contribution in [0.3, 0.4) is 0 Å². The minimum Gasteiger partial charge on any atom is -0.396 e. The molecular weight excluding hydrogens is 452 g/mol. The summed E-state index contributed by atoms with van der Waals surface area (Å²) in [5.41, 5.74) is 11.2. The SMILES string of the molecule is C[C@@H](CO)c1nnc(-c2cc(-c3cnn(Cc4cccc5cn[nH]c45)c3)cn3nc(N)nc23)s1. The fraction of sp³-hybridized carbons (Fsp3) is 0.182. The second-order valence-electron chi connectivity index (χ2n) is 8.09. The number of nitrogens with zero attached hydrogens (tertiary/aromatic N) is 8. The van der Waals surface area contributed by atoms with E-state index in [0.717, 1.165) is 38.2 Å². The lowest BCUT2D eigenvalue weighted by Gasteiger charge is -2.05. The molecule has 0 spiro atoms. The van der Waals surface area contributed by atoms with Gasteiger partial charge in [0.25, 0.3) is 0 Å². The number of nitrogens with two attached hydrogens (primary N) is 1. The maximum absolute atomic E-state index is 9.47. The average molecular weight is 473 g/mol. The molecule has 1 atom stereocenters. The molecule has 0 aliphatic rings. The summed E-state index contributed by atoms with van der Waals surface area (Å²) in [6.45, 7) is 2.51. The zero-order valence-electron chi connectivity index (χ0n) is 18.1. The third-order valence-corrected chi connectivity index (χ3v) is 6.87. The van der Waals surface area contributed by atoms with E-state index in [-0.39, 0.29) is 18.5 Å². The normalized spacial score (nSPS) is 12.6. The third-order valence-electron chi connectivity index (χ3n) is 5.68. The summed E-state index contributed by atoms with van der Waals surface area (Å²) in [5.74, 6) is 0.0844. The van der Waals surface area contributed by atoms with E-state index in [1.165, 1.54) is 11.3 Å². The quantitative estimate of drug-likeness (QED) is 0.335. The first-order valence-corrected chi connectivity index (χ1v) is 11.4. The van der Waals surface area contributed by atoms with Crippen LogP contribution in [0.2, 0.25) is 0 Å². The van der Waals surface area contributed by atoms with Gasteiger partial charge in [0.15, 0.2) is 10.7 Å². The summed E-state index contributed by atoms with van der Waals surface area (Å²) in [7, 11) is 0. The van der Waals surface area contributed by atoms with Crippen LogP contribution in [0.15, 0.2) is 49.1 Å². The summed E-state index contributed by atoms with van der Waals surface area (Å²) in [5, 5.41) is 36.6. The van der Waals surface area contributed by atoms with E-state index in [9.17, 15) is 5.11 Å². The van der Waals surface area contributed by atoms with Gasteiger partial charge in [-0.2, -0.15) is 15.2 Å². The van der Waals surface area contributed by atoms with Gasteiger partial charge in [0.2, 0.25) is 5.95 Å². The smallest absolute Gasteiger partial charge is 0.240 e. The molecule has 0 aliphatic heterocycles. The Morgan fingerprint density at radius 3 is 2.97 bits per heavy atom. The van der Waals surface area contributed by atoms with Crippen LogP contribution < -0.4 is 5.73 Å². The lowest BCUT2D eigenvalue weighted by Crippen LogP contribution is -2.00. The highest BCUT2D eigenvalue weighted by Gasteiger charge is 2.18. The maximum Gasteiger partial charge on any atom is 0.240 e. The highest BCUT2D eigenvalue weighted by atomic mass is 32.1. The van der Waals surface area contributed by atoms with Gasteiger partial charge in [-0.15, -0.1) is 15.3 Å². The second-order valence-corrected chi connectivity index (χ2v) is 9.10. The molecule has 6 aromatic rings. The standard InChI is InChI=1S/C22H20N10OS/c1-12(11-33)20-28-29-21(34-20)17-5-15(10-32-19(17)26-22(23)30-32)16-7-25-31(9-16)8-14-4-2-3-13-6-24-27-18(13)14/h2-7,9-10,12,33H,8,11H2,1H3,(H2,23,30)(H,24,27)/t12-/m0/s1. The number of anilines is 1. The lowest BCUT2D eigenvalue weighted by atomic mass is 10.1. The lowest BCUT2D eigenvalue weighted by molar-refractivity contribution is 0.272. The molecule has 0 aliphatic carbocycles. The molecule has 5 heterocycles. The molecule has 0 fully saturated rings. The summed E-state index contributed by atoms with van der Waals surface area (Å²) < 4.78 is 3.54. The van der Waals surface area contributed by atoms with Crippen molar-refractivity contribution in [3.05, 3.63) is 59.6 Å². The van der Waals surface area contributed by atoms with Crippen LogP contribution in [0.5, 0.6) is 0 Å². The van der Waals surface area contributed by atoms with Gasteiger partial charge in [-0.25, -0.2) is 4.52 Å². The first-order chi connectivity index (χ1) is 16.6. The Kier molecular flexibility index (Phi) is 4.81. The van der Waals surface area contributed by atoms with Crippen molar-refractivity contribution >= 4 is 33.8 Å². The molecule has 0 unspecified atom stereocenters. The molecule has 1 aromatic carbocycles. The number of fused-ring (bicyclic) bond motifs is 2. The minimum atomic E-state index is -0.0917. The molecule has 6 rings (SSSR count). The van der Waals surface area contributed by atoms with Gasteiger partial charge in [0, 0.05) is 34.8 Å². The molecule has 170 valence electrons. The van der Waals surface area contributed by atoms with Crippen LogP contribution in [-0.4, -0.2) is 56.5 Å². The topological polar surface area (TPSA) is 149 Å². The highest BCUT2D eigenvalue weighted by Crippen LogP contribution is 2.33. The van der Waals surface area contributed by atoms with Crippen molar-refractivity contribution in [1.29, 1.82) is 0 Å². The van der Waals surface area contributed by atoms with Crippen molar-refractivity contribution in [3.8, 4) is 21.7 Å². The number of benzene rings is 1. The Morgan fingerprint density at radius 2 is 2.09 bits per heavy atom. The largest absolute Gasteiger partial charge is 0.396 e. The Hall–Kier alpha value is -4.16. The zero-order valence-corrected chi connectivity index (χ0v) is 18.9. The van der Waals surface area contributed by atoms with Gasteiger partial charge in [-0.3, -0.25) is 9.78 Å². The zero-order chi connectivity index (χ0) is 23.2. The number of para-hydroxylation sites is 1. The molecule has 4 N–H and O–H groups in total. The van der Waals surface area contributed by atoms with Crippen LogP contribution in [0.25, 0.3) is 38.2 Å². The second kappa shape index (κ2) is 8.01. The first-order valence-electron chi connectivity index (χ1n) is 10.6. The fourth-order valence-corrected chi connectivity index (χ4v) is 4.77. The van der Waals surface area contributed by atoms with E-state index in [4.69, 9.17) is 5.73 Å². The first kappa shape index (κ1) is 20.4. The number of nitrogen functional groups attached to an aromatic ring is 1. The molecule has 0 radical (unpaired) electrons. The van der Waals surface area contributed by atoms with Crippen molar-refractivity contribution in [2.45, 2.75) is 19.4 Å². The van der Waals surface area contributed by atoms with Gasteiger partial charge in [0.1, 0.15) is 5.01 Å². The van der Waals surface area contributed by atoms with Gasteiger partial charge in [-0.05, 0) is 11.6 Å². The minimum absolute atomic E-state index is 0.00736. The number of aliphatic hydroxyl groups excluding tert-OH is 1. The Labute approximate surface area is 196 Å². The predicted octanol–water partition coefficient (Wildman–Crippen LogP) is 2.71. The van der Waals surface area contributed by atoms with Crippen molar-refractivity contribution in [2.75, 3.05) is 12.3 Å². The van der Waals surface area contributed by atoms with E-state index in [0.29, 0.717) is 17.2 Å². The number of nitrogens with one attached hydrogen (secondary N) is 1. The molecule has 0 saturated heterocycles. The molecule has 11 nitrogen and oxygen atoms in total. The van der Waals surface area contributed by atoms with Crippen LogP contribution >= 0.6 is 11.3 Å². The van der Waals surface area contributed by atoms with Crippen LogP contribution in [0.4, 0.5) is 5.95 Å². The van der Waals surface area contributed by atoms with Crippen molar-refractivity contribution in [2.24, 2.45) is 0 Å². The van der Waals surface area contributed by atoms with Crippen molar-refractivity contribution in [3.63, 3.8) is 0 Å². The number of aliphatic hydroxyl groups is 1. The van der Waals surface area contributed by atoms with Crippen molar-refractivity contribution < 1.29 is 5.11 Å². The Bertz CT molecular complexity index is 1630. The van der Waals surface area contributed by atoms with E-state index in [1.54, 1.807) is 4.52 Å². The highest BCUT2D eigenvalue weighted by molar-refractivity contribution is 7.14. The van der Waals surface area contributed by atoms with Crippen LogP contribution in [0, 0.1) is 0 Å². The monoisotopic (exact) mass is 472 g/mol. The van der Waals surface area contributed by atoms with E-state index >= 15 is 0 Å². The van der Waals surface area contributed by atoms with E-state index < -0.39 is 0 Å². The van der Waals surface area contributed by atoms with Gasteiger partial charge in [-0.1, -0.05) is 36.5 Å². The molecular formula is C22H20N10OS. The summed E-state index contributed by atoms with van der Waals surface area (Å²) in [6, 6.07) is 8.09. The number of pyridine rings is 1. The number of hydrogen-bond acceptors (Lipinski definition) is 9. The summed E-state index contributed by atoms with van der Waals surface area (Å²) in [6.07, 6.45) is 7.49. The molecule has 12 heteroatoms. The summed E-state index contributed by atoms with van der Waals surface area (Å²) >= 11 is 1.42. The Morgan fingerprint density at radius 1 is 1.18 bits per heavy atom. The third kappa shape index (κ3) is 3.49. The molecule has 5 aromatic heterocycles. The Balaban J connectivity index is 1.39. The van der Waals surface area contributed by atoms with Gasteiger partial charge in [0.05, 0.1) is 36.6 Å². The van der Waals surface area contributed by atoms with E-state index in [1.807, 2.05) is 54.6 Å². The number of rotatable bonds is 6. The van der Waals surface area contributed by atoms with E-state index in [2.05, 4.69) is 41.6 Å². The molecule has 34 heavy (non-hydrogen) atoms. The average Bonchev–Trinajstić information content (AvgIpc) is 3.63. The number of aromatic nitrogens is 9. The number of hydrogen-bond donors (Lipinski definition) is 3. The van der Waals surface area contributed by atoms with Crippen LogP contribution in [0.1, 0.15) is 23.4 Å². The van der Waals surface area contributed by atoms with Crippen molar-refractivity contribution in [1.82, 2.24) is 44.8 Å². The maximum atomic E-state index is 9.47. The van der Waals surface area contributed by atoms with Gasteiger partial charge < -0.3 is 10.8 Å². The number of H-pyrrole nitrogens is 1. The summed E-state index contributed by atoms with van der Waals surface area (Å²) in [4.78, 5) is 4.37. The molecule has 0 amide bonds. The fourth-order valence-electron chi connectivity index (χ4n) is 3.87. The predicted molar refractivity (Wildman–Crippen MR) is 128 cm³/mol. The van der Waals surface area contributed by atoms with Crippen LogP contribution in [-0.2, 0) is 6.54 Å². The molecule has 0 saturated carbocycles. The number of aromatic amines is 1. The molecule has 0 bridgehead atoms. The van der Waals surface area contributed by atoms with Gasteiger partial charge >= 0.3 is 0 Å².